The maximum Gasteiger partial charge on any atom is 0.191 e. The van der Waals surface area contributed by atoms with Crippen molar-refractivity contribution in [1.29, 1.82) is 0 Å². The van der Waals surface area contributed by atoms with E-state index in [1.54, 1.807) is 6.07 Å². The van der Waals surface area contributed by atoms with Gasteiger partial charge in [0.05, 0.1) is 0 Å². The third-order valence-electron chi connectivity index (χ3n) is 4.72. The van der Waals surface area contributed by atoms with E-state index in [9.17, 15) is 4.39 Å². The summed E-state index contributed by atoms with van der Waals surface area (Å²) in [6.07, 6.45) is 3.18. The van der Waals surface area contributed by atoms with E-state index in [2.05, 4.69) is 36.3 Å². The molecule has 0 saturated carbocycles. The molecule has 4 nitrogen and oxygen atoms in total. The van der Waals surface area contributed by atoms with Crippen molar-refractivity contribution in [2.45, 2.75) is 40.0 Å². The highest BCUT2D eigenvalue weighted by molar-refractivity contribution is 14.0. The molecule has 27 heavy (non-hydrogen) atoms. The van der Waals surface area contributed by atoms with E-state index in [1.807, 2.05) is 12.1 Å². The van der Waals surface area contributed by atoms with E-state index in [0.29, 0.717) is 18.9 Å². The van der Waals surface area contributed by atoms with Crippen molar-refractivity contribution in [3.8, 4) is 0 Å². The van der Waals surface area contributed by atoms with Crippen LogP contribution < -0.4 is 10.6 Å². The molecule has 6 heteroatoms. The lowest BCUT2D eigenvalue weighted by molar-refractivity contribution is 0.162. The molecule has 1 unspecified atom stereocenters. The van der Waals surface area contributed by atoms with Crippen LogP contribution in [0.25, 0.3) is 0 Å². The predicted molar refractivity (Wildman–Crippen MR) is 124 cm³/mol. The Morgan fingerprint density at radius 3 is 2.78 bits per heavy atom. The van der Waals surface area contributed by atoms with Gasteiger partial charge in [-0.15, -0.1) is 24.0 Å². The number of nitrogens with one attached hydrogen (secondary N) is 2. The van der Waals surface area contributed by atoms with Crippen LogP contribution in [-0.4, -0.2) is 50.1 Å². The number of likely N-dealkylation sites (tertiary alicyclic amines) is 1. The average Bonchev–Trinajstić information content (AvgIpc) is 2.61. The molecule has 0 aliphatic carbocycles. The van der Waals surface area contributed by atoms with Gasteiger partial charge in [0.25, 0.3) is 0 Å². The molecule has 1 aromatic carbocycles. The minimum absolute atomic E-state index is 0. The third kappa shape index (κ3) is 9.23. The first-order valence-electron chi connectivity index (χ1n) is 10.1. The Bertz CT molecular complexity index is 565. The molecule has 1 saturated heterocycles. The van der Waals surface area contributed by atoms with Gasteiger partial charge in [0.1, 0.15) is 5.82 Å². The van der Waals surface area contributed by atoms with Gasteiger partial charge < -0.3 is 15.5 Å². The lowest BCUT2D eigenvalue weighted by Gasteiger charge is -2.33. The van der Waals surface area contributed by atoms with Gasteiger partial charge in [0.15, 0.2) is 5.96 Å². The standard InChI is InChI=1S/C21H35FN4.HI/c1-4-23-21(24-12-11-19-9-5-6-10-20(19)22)25-14-18-8-7-13-26(16-18)15-17(2)3;/h5-6,9-10,17-18H,4,7-8,11-16H2,1-3H3,(H2,23,24,25);1H. The zero-order chi connectivity index (χ0) is 18.8. The molecule has 0 aromatic heterocycles. The lowest BCUT2D eigenvalue weighted by Crippen LogP contribution is -2.41. The van der Waals surface area contributed by atoms with E-state index in [1.165, 1.54) is 32.0 Å². The Morgan fingerprint density at radius 2 is 2.07 bits per heavy atom. The summed E-state index contributed by atoms with van der Waals surface area (Å²) in [5.74, 6) is 2.05. The third-order valence-corrected chi connectivity index (χ3v) is 4.72. The SMILES string of the molecule is CCNC(=NCC1CCCN(CC(C)C)C1)NCCc1ccccc1F.I. The van der Waals surface area contributed by atoms with Crippen LogP contribution in [0.15, 0.2) is 29.3 Å². The van der Waals surface area contributed by atoms with E-state index < -0.39 is 0 Å². The normalized spacial score (nSPS) is 18.3. The van der Waals surface area contributed by atoms with Gasteiger partial charge in [-0.3, -0.25) is 4.99 Å². The number of halogens is 2. The average molecular weight is 490 g/mol. The minimum atomic E-state index is -0.135. The van der Waals surface area contributed by atoms with Crippen molar-refractivity contribution in [3.05, 3.63) is 35.6 Å². The number of rotatable bonds is 8. The van der Waals surface area contributed by atoms with Crippen molar-refractivity contribution in [3.63, 3.8) is 0 Å². The Balaban J connectivity index is 0.00000364. The number of nitrogens with zero attached hydrogens (tertiary/aromatic N) is 2. The highest BCUT2D eigenvalue weighted by Crippen LogP contribution is 2.17. The van der Waals surface area contributed by atoms with Crippen LogP contribution >= 0.6 is 24.0 Å². The number of hydrogen-bond donors (Lipinski definition) is 2. The van der Waals surface area contributed by atoms with Crippen LogP contribution in [0.2, 0.25) is 0 Å². The highest BCUT2D eigenvalue weighted by atomic mass is 127. The Morgan fingerprint density at radius 1 is 1.30 bits per heavy atom. The molecule has 1 heterocycles. The highest BCUT2D eigenvalue weighted by Gasteiger charge is 2.20. The van der Waals surface area contributed by atoms with Crippen molar-refractivity contribution in [1.82, 2.24) is 15.5 Å². The van der Waals surface area contributed by atoms with Crippen LogP contribution in [0.4, 0.5) is 4.39 Å². The lowest BCUT2D eigenvalue weighted by atomic mass is 9.97. The molecule has 2 N–H and O–H groups in total. The zero-order valence-corrected chi connectivity index (χ0v) is 19.3. The molecule has 154 valence electrons. The van der Waals surface area contributed by atoms with E-state index in [4.69, 9.17) is 4.99 Å². The van der Waals surface area contributed by atoms with Gasteiger partial charge in [-0.2, -0.15) is 0 Å². The monoisotopic (exact) mass is 490 g/mol. The minimum Gasteiger partial charge on any atom is -0.357 e. The van der Waals surface area contributed by atoms with Crippen molar-refractivity contribution in [2.75, 3.05) is 39.3 Å². The molecule has 0 bridgehead atoms. The van der Waals surface area contributed by atoms with Crippen LogP contribution in [0, 0.1) is 17.7 Å². The van der Waals surface area contributed by atoms with Gasteiger partial charge >= 0.3 is 0 Å². The number of benzene rings is 1. The molecule has 2 rings (SSSR count). The van der Waals surface area contributed by atoms with Crippen LogP contribution in [-0.2, 0) is 6.42 Å². The topological polar surface area (TPSA) is 39.7 Å². The molecule has 1 fully saturated rings. The van der Waals surface area contributed by atoms with Gasteiger partial charge in [-0.25, -0.2) is 4.39 Å². The maximum atomic E-state index is 13.7. The van der Waals surface area contributed by atoms with E-state index >= 15 is 0 Å². The first-order valence-corrected chi connectivity index (χ1v) is 10.1. The number of guanidine groups is 1. The number of aliphatic imine (C=N–C) groups is 1. The molecule has 1 aliphatic heterocycles. The summed E-state index contributed by atoms with van der Waals surface area (Å²) in [5.41, 5.74) is 0.743. The zero-order valence-electron chi connectivity index (χ0n) is 17.0. The molecule has 1 atom stereocenters. The van der Waals surface area contributed by atoms with Crippen molar-refractivity contribution in [2.24, 2.45) is 16.8 Å². The number of hydrogen-bond acceptors (Lipinski definition) is 2. The molecular formula is C21H36FIN4. The fourth-order valence-corrected chi connectivity index (χ4v) is 3.56. The van der Waals surface area contributed by atoms with E-state index in [-0.39, 0.29) is 29.8 Å². The van der Waals surface area contributed by atoms with Crippen LogP contribution in [0.1, 0.15) is 39.2 Å². The fourth-order valence-electron chi connectivity index (χ4n) is 3.56. The fraction of sp³-hybridized carbons (Fsp3) is 0.667. The van der Waals surface area contributed by atoms with E-state index in [0.717, 1.165) is 37.1 Å². The summed E-state index contributed by atoms with van der Waals surface area (Å²) >= 11 is 0. The molecule has 1 aromatic rings. The second-order valence-electron chi connectivity index (χ2n) is 7.65. The van der Waals surface area contributed by atoms with Gasteiger partial charge in [-0.1, -0.05) is 32.0 Å². The first-order chi connectivity index (χ1) is 12.6. The maximum absolute atomic E-state index is 13.7. The van der Waals surface area contributed by atoms with Gasteiger partial charge in [0, 0.05) is 32.7 Å². The smallest absolute Gasteiger partial charge is 0.191 e. The summed E-state index contributed by atoms with van der Waals surface area (Å²) in [6.45, 7) is 12.5. The predicted octanol–water partition coefficient (Wildman–Crippen LogP) is 3.91. The quantitative estimate of drug-likeness (QED) is 0.330. The molecule has 0 spiro atoms. The summed E-state index contributed by atoms with van der Waals surface area (Å²) in [7, 11) is 0. The molecule has 1 aliphatic rings. The summed E-state index contributed by atoms with van der Waals surface area (Å²) in [5, 5.41) is 6.64. The van der Waals surface area contributed by atoms with Gasteiger partial charge in [0.2, 0.25) is 0 Å². The Hall–Kier alpha value is -0.890. The Kier molecular flexibility index (Phi) is 11.9. The van der Waals surface area contributed by atoms with Crippen LogP contribution in [0.5, 0.6) is 0 Å². The second kappa shape index (κ2) is 13.3. The molecular weight excluding hydrogens is 454 g/mol. The Labute approximate surface area is 181 Å². The van der Waals surface area contributed by atoms with Crippen molar-refractivity contribution >= 4 is 29.9 Å². The molecule has 0 amide bonds. The summed E-state index contributed by atoms with van der Waals surface area (Å²) in [4.78, 5) is 7.35. The summed E-state index contributed by atoms with van der Waals surface area (Å²) in [6, 6.07) is 6.96. The number of piperidine rings is 1. The largest absolute Gasteiger partial charge is 0.357 e. The van der Waals surface area contributed by atoms with Crippen molar-refractivity contribution < 1.29 is 4.39 Å². The summed E-state index contributed by atoms with van der Waals surface area (Å²) < 4.78 is 13.7. The molecule has 0 radical (unpaired) electrons. The van der Waals surface area contributed by atoms with Crippen LogP contribution in [0.3, 0.4) is 0 Å². The first kappa shape index (κ1) is 24.1. The van der Waals surface area contributed by atoms with Gasteiger partial charge in [-0.05, 0) is 56.2 Å². The second-order valence-corrected chi connectivity index (χ2v) is 7.65.